The highest BCUT2D eigenvalue weighted by Gasteiger charge is 2.06. The molecule has 2 heterocycles. The minimum atomic E-state index is 1.20. The molecule has 0 aliphatic heterocycles. The number of hydrogen-bond donors (Lipinski definition) is 0. The Bertz CT molecular complexity index is 1380. The van der Waals surface area contributed by atoms with Crippen LogP contribution in [0.3, 0.4) is 0 Å². The molecule has 40 heavy (non-hydrogen) atoms. The second-order valence-electron chi connectivity index (χ2n) is 11.0. The second kappa shape index (κ2) is 14.6. The Balaban J connectivity index is 1.20. The first-order valence-corrected chi connectivity index (χ1v) is 16.8. The van der Waals surface area contributed by atoms with Crippen LogP contribution in [0.1, 0.15) is 97.2 Å². The van der Waals surface area contributed by atoms with Gasteiger partial charge in [-0.15, -0.1) is 22.7 Å². The molecule has 2 heteroatoms. The third-order valence-corrected chi connectivity index (χ3v) is 9.80. The van der Waals surface area contributed by atoms with Gasteiger partial charge in [0.15, 0.2) is 0 Å². The summed E-state index contributed by atoms with van der Waals surface area (Å²) in [7, 11) is 0. The lowest BCUT2D eigenvalue weighted by molar-refractivity contribution is 0.667. The number of fused-ring (bicyclic) bond motifs is 2. The van der Waals surface area contributed by atoms with Crippen molar-refractivity contribution in [3.63, 3.8) is 0 Å². The third kappa shape index (κ3) is 8.05. The zero-order valence-corrected chi connectivity index (χ0v) is 25.8. The molecule has 2 aromatic heterocycles. The summed E-state index contributed by atoms with van der Waals surface area (Å²) in [6.45, 7) is 4.54. The molecule has 0 amide bonds. The second-order valence-corrected chi connectivity index (χ2v) is 13.2. The van der Waals surface area contributed by atoms with Gasteiger partial charge in [0.1, 0.15) is 0 Å². The monoisotopic (exact) mass is 562 g/mol. The molecule has 0 saturated carbocycles. The van der Waals surface area contributed by atoms with Crippen molar-refractivity contribution in [3.8, 4) is 0 Å². The lowest BCUT2D eigenvalue weighted by Gasteiger charge is -2.01. The Hall–Kier alpha value is -2.94. The van der Waals surface area contributed by atoms with E-state index in [1.807, 2.05) is 22.7 Å². The van der Waals surface area contributed by atoms with Crippen LogP contribution in [0.4, 0.5) is 0 Å². The molecule has 0 saturated heterocycles. The van der Waals surface area contributed by atoms with Crippen molar-refractivity contribution >= 4 is 67.1 Å². The van der Waals surface area contributed by atoms with E-state index in [-0.39, 0.29) is 0 Å². The predicted octanol–water partition coefficient (Wildman–Crippen LogP) is 12.7. The molecule has 0 spiro atoms. The van der Waals surface area contributed by atoms with Crippen molar-refractivity contribution in [2.75, 3.05) is 0 Å². The van der Waals surface area contributed by atoms with Crippen LogP contribution in [-0.4, -0.2) is 0 Å². The lowest BCUT2D eigenvalue weighted by Crippen LogP contribution is -1.85. The van der Waals surface area contributed by atoms with E-state index in [0.29, 0.717) is 0 Å². The van der Waals surface area contributed by atoms with Gasteiger partial charge in [0.2, 0.25) is 0 Å². The highest BCUT2D eigenvalue weighted by atomic mass is 32.1. The van der Waals surface area contributed by atoms with E-state index in [4.69, 9.17) is 0 Å². The van der Waals surface area contributed by atoms with E-state index < -0.39 is 0 Å². The third-order valence-electron chi connectivity index (χ3n) is 7.67. The number of hydrogen-bond acceptors (Lipinski definition) is 2. The minimum absolute atomic E-state index is 1.20. The van der Waals surface area contributed by atoms with E-state index in [9.17, 15) is 0 Å². The van der Waals surface area contributed by atoms with Crippen molar-refractivity contribution < 1.29 is 0 Å². The van der Waals surface area contributed by atoms with Gasteiger partial charge in [-0.1, -0.05) is 113 Å². The topological polar surface area (TPSA) is 0 Å². The molecule has 0 atom stereocenters. The molecule has 0 radical (unpaired) electrons. The number of rotatable bonds is 14. The van der Waals surface area contributed by atoms with Crippen LogP contribution in [0, 0.1) is 0 Å². The summed E-state index contributed by atoms with van der Waals surface area (Å²) < 4.78 is 2.72. The molecule has 3 aromatic carbocycles. The van der Waals surface area contributed by atoms with E-state index in [1.54, 1.807) is 0 Å². The van der Waals surface area contributed by atoms with Crippen LogP contribution in [0.2, 0.25) is 0 Å². The Labute approximate surface area is 249 Å². The Kier molecular flexibility index (Phi) is 10.4. The maximum Gasteiger partial charge on any atom is 0.0356 e. The van der Waals surface area contributed by atoms with Crippen LogP contribution in [0.25, 0.3) is 44.5 Å². The maximum atomic E-state index is 2.36. The minimum Gasteiger partial charge on any atom is -0.136 e. The number of unbranched alkanes of at least 4 members (excludes halogenated alkanes) is 6. The number of aryl methyl sites for hydroxylation is 2. The van der Waals surface area contributed by atoms with Gasteiger partial charge < -0.3 is 0 Å². The fourth-order valence-corrected chi connectivity index (χ4v) is 7.23. The van der Waals surface area contributed by atoms with Crippen LogP contribution in [-0.2, 0) is 12.8 Å². The average molecular weight is 563 g/mol. The predicted molar refractivity (Wildman–Crippen MR) is 184 cm³/mol. The first-order chi connectivity index (χ1) is 19.7. The smallest absolute Gasteiger partial charge is 0.0356 e. The standard InChI is InChI=1S/C38H42S2/c1-3-5-7-9-11-29-13-17-31(18-14-29)21-23-35-25-33-27-38-34(28-37(33)39-35)26-36(40-38)24-22-32-19-15-30(16-20-32)12-10-8-6-4-2/h13-28H,3-12H2,1-2H3. The summed E-state index contributed by atoms with van der Waals surface area (Å²) in [5.74, 6) is 0. The summed E-state index contributed by atoms with van der Waals surface area (Å²) in [4.78, 5) is 2.62. The van der Waals surface area contributed by atoms with Gasteiger partial charge in [-0.25, -0.2) is 0 Å². The zero-order chi connectivity index (χ0) is 27.6. The molecular formula is C38H42S2. The van der Waals surface area contributed by atoms with E-state index in [0.717, 1.165) is 0 Å². The van der Waals surface area contributed by atoms with Crippen molar-refractivity contribution in [1.82, 2.24) is 0 Å². The molecule has 0 unspecified atom stereocenters. The van der Waals surface area contributed by atoms with Gasteiger partial charge in [-0.3, -0.25) is 0 Å². The largest absolute Gasteiger partial charge is 0.136 e. The summed E-state index contributed by atoms with van der Waals surface area (Å²) in [6, 6.07) is 27.6. The molecule has 0 fully saturated rings. The number of thiophene rings is 2. The summed E-state index contributed by atoms with van der Waals surface area (Å²) in [5.41, 5.74) is 5.45. The lowest BCUT2D eigenvalue weighted by atomic mass is 10.0. The van der Waals surface area contributed by atoms with Crippen LogP contribution < -0.4 is 0 Å². The fraction of sp³-hybridized carbons (Fsp3) is 0.316. The normalized spacial score (nSPS) is 12.1. The number of benzene rings is 3. The van der Waals surface area contributed by atoms with Gasteiger partial charge in [-0.2, -0.15) is 0 Å². The van der Waals surface area contributed by atoms with Crippen LogP contribution in [0.5, 0.6) is 0 Å². The average Bonchev–Trinajstić information content (AvgIpc) is 3.57. The molecule has 0 N–H and O–H groups in total. The first kappa shape index (κ1) is 28.6. The summed E-state index contributed by atoms with van der Waals surface area (Å²) >= 11 is 3.76. The molecule has 5 aromatic rings. The van der Waals surface area contributed by atoms with Crippen molar-refractivity contribution in [2.24, 2.45) is 0 Å². The molecule has 0 aliphatic rings. The SMILES string of the molecule is CCCCCCc1ccc(C=Cc2cc3cc4sc(C=Cc5ccc(CCCCCC)cc5)cc4cc3s2)cc1. The van der Waals surface area contributed by atoms with Gasteiger partial charge in [0.25, 0.3) is 0 Å². The van der Waals surface area contributed by atoms with Gasteiger partial charge in [0.05, 0.1) is 0 Å². The quantitative estimate of drug-likeness (QED) is 0.118. The Morgan fingerprint density at radius 1 is 0.475 bits per heavy atom. The molecule has 206 valence electrons. The summed E-state index contributed by atoms with van der Waals surface area (Å²) in [5, 5.41) is 2.68. The zero-order valence-electron chi connectivity index (χ0n) is 24.1. The molecule has 5 rings (SSSR count). The van der Waals surface area contributed by atoms with Gasteiger partial charge in [0, 0.05) is 19.2 Å². The Morgan fingerprint density at radius 3 is 1.30 bits per heavy atom. The van der Waals surface area contributed by atoms with Crippen molar-refractivity contribution in [3.05, 3.63) is 105 Å². The Morgan fingerprint density at radius 2 is 0.900 bits per heavy atom. The molecule has 0 aliphatic carbocycles. The molecule has 0 nitrogen and oxygen atoms in total. The highest BCUT2D eigenvalue weighted by molar-refractivity contribution is 7.21. The van der Waals surface area contributed by atoms with E-state index in [1.165, 1.54) is 116 Å². The summed E-state index contributed by atoms with van der Waals surface area (Å²) in [6.07, 6.45) is 22.0. The molecular weight excluding hydrogens is 521 g/mol. The van der Waals surface area contributed by atoms with Gasteiger partial charge in [-0.05, 0) is 95.1 Å². The van der Waals surface area contributed by atoms with Crippen LogP contribution >= 0.6 is 22.7 Å². The van der Waals surface area contributed by atoms with Crippen molar-refractivity contribution in [1.29, 1.82) is 0 Å². The maximum absolute atomic E-state index is 2.36. The first-order valence-electron chi connectivity index (χ1n) is 15.2. The van der Waals surface area contributed by atoms with Crippen LogP contribution in [0.15, 0.2) is 72.8 Å². The highest BCUT2D eigenvalue weighted by Crippen LogP contribution is 2.35. The van der Waals surface area contributed by atoms with Crippen molar-refractivity contribution in [2.45, 2.75) is 78.1 Å². The molecule has 0 bridgehead atoms. The van der Waals surface area contributed by atoms with Gasteiger partial charge >= 0.3 is 0 Å². The van der Waals surface area contributed by atoms with E-state index >= 15 is 0 Å². The fourth-order valence-electron chi connectivity index (χ4n) is 5.24. The van der Waals surface area contributed by atoms with E-state index in [2.05, 4.69) is 111 Å².